The number of nitrogens with two attached hydrogens (primary N) is 1. The number of benzene rings is 1. The SMILES string of the molecule is Nc1ccc(Nc2cccc(Cl)c2F)nc1. The van der Waals surface area contributed by atoms with Gasteiger partial charge in [0.05, 0.1) is 22.6 Å². The molecule has 0 unspecified atom stereocenters. The maximum Gasteiger partial charge on any atom is 0.165 e. The van der Waals surface area contributed by atoms with Crippen molar-refractivity contribution in [1.82, 2.24) is 4.98 Å². The zero-order valence-electron chi connectivity index (χ0n) is 8.24. The third kappa shape index (κ3) is 2.23. The fraction of sp³-hybridized carbons (Fsp3) is 0. The molecule has 2 rings (SSSR count). The highest BCUT2D eigenvalue weighted by atomic mass is 35.5. The van der Waals surface area contributed by atoms with Crippen molar-refractivity contribution >= 4 is 28.8 Å². The number of rotatable bonds is 2. The van der Waals surface area contributed by atoms with E-state index in [0.717, 1.165) is 0 Å². The molecule has 0 fully saturated rings. The van der Waals surface area contributed by atoms with E-state index in [2.05, 4.69) is 10.3 Å². The molecule has 0 amide bonds. The summed E-state index contributed by atoms with van der Waals surface area (Å²) in [6, 6.07) is 8.07. The van der Waals surface area contributed by atoms with Crippen LogP contribution in [0.25, 0.3) is 0 Å². The van der Waals surface area contributed by atoms with E-state index in [1.165, 1.54) is 12.3 Å². The lowest BCUT2D eigenvalue weighted by molar-refractivity contribution is 0.632. The number of halogens is 2. The molecule has 0 aliphatic heterocycles. The lowest BCUT2D eigenvalue weighted by Crippen LogP contribution is -1.97. The molecule has 0 spiro atoms. The van der Waals surface area contributed by atoms with Gasteiger partial charge in [-0.25, -0.2) is 9.37 Å². The third-order valence-electron chi connectivity index (χ3n) is 2.00. The average molecular weight is 238 g/mol. The van der Waals surface area contributed by atoms with E-state index in [0.29, 0.717) is 11.5 Å². The summed E-state index contributed by atoms with van der Waals surface area (Å²) in [6.07, 6.45) is 1.49. The number of pyridine rings is 1. The van der Waals surface area contributed by atoms with Gasteiger partial charge in [0, 0.05) is 0 Å². The normalized spacial score (nSPS) is 10.1. The second-order valence-corrected chi connectivity index (χ2v) is 3.61. The summed E-state index contributed by atoms with van der Waals surface area (Å²) in [5.74, 6) is 0.0122. The van der Waals surface area contributed by atoms with Crippen LogP contribution in [0, 0.1) is 5.82 Å². The van der Waals surface area contributed by atoms with Gasteiger partial charge in [0.1, 0.15) is 5.82 Å². The number of hydrogen-bond donors (Lipinski definition) is 2. The molecule has 0 bridgehead atoms. The Morgan fingerprint density at radius 1 is 1.25 bits per heavy atom. The largest absolute Gasteiger partial charge is 0.397 e. The minimum Gasteiger partial charge on any atom is -0.397 e. The molecule has 5 heteroatoms. The van der Waals surface area contributed by atoms with Crippen molar-refractivity contribution in [2.75, 3.05) is 11.1 Å². The van der Waals surface area contributed by atoms with Crippen molar-refractivity contribution in [3.63, 3.8) is 0 Å². The molecule has 82 valence electrons. The molecule has 0 aliphatic rings. The van der Waals surface area contributed by atoms with Crippen molar-refractivity contribution in [1.29, 1.82) is 0 Å². The minimum atomic E-state index is -0.497. The summed E-state index contributed by atoms with van der Waals surface area (Å²) in [6.45, 7) is 0. The van der Waals surface area contributed by atoms with Crippen LogP contribution in [0.2, 0.25) is 5.02 Å². The zero-order chi connectivity index (χ0) is 11.5. The summed E-state index contributed by atoms with van der Waals surface area (Å²) in [5, 5.41) is 2.88. The minimum absolute atomic E-state index is 0.0699. The van der Waals surface area contributed by atoms with Crippen LogP contribution in [0.4, 0.5) is 21.6 Å². The van der Waals surface area contributed by atoms with Crippen molar-refractivity contribution in [3.8, 4) is 0 Å². The van der Waals surface area contributed by atoms with E-state index >= 15 is 0 Å². The van der Waals surface area contributed by atoms with Crippen LogP contribution in [-0.2, 0) is 0 Å². The number of nitrogens with one attached hydrogen (secondary N) is 1. The highest BCUT2D eigenvalue weighted by Crippen LogP contribution is 2.24. The van der Waals surface area contributed by atoms with Gasteiger partial charge in [0.2, 0.25) is 0 Å². The predicted octanol–water partition coefficient (Wildman–Crippen LogP) is 3.20. The van der Waals surface area contributed by atoms with E-state index in [-0.39, 0.29) is 10.7 Å². The number of aromatic nitrogens is 1. The quantitative estimate of drug-likeness (QED) is 0.843. The van der Waals surface area contributed by atoms with Crippen LogP contribution < -0.4 is 11.1 Å². The smallest absolute Gasteiger partial charge is 0.165 e. The first-order valence-electron chi connectivity index (χ1n) is 4.59. The van der Waals surface area contributed by atoms with Crippen LogP contribution in [0.5, 0.6) is 0 Å². The summed E-state index contributed by atoms with van der Waals surface area (Å²) in [5.41, 5.74) is 6.32. The first-order chi connectivity index (χ1) is 7.66. The maximum atomic E-state index is 13.5. The molecule has 3 nitrogen and oxygen atoms in total. The van der Waals surface area contributed by atoms with E-state index in [1.807, 2.05) is 0 Å². The Bertz CT molecular complexity index is 499. The van der Waals surface area contributed by atoms with Gasteiger partial charge in [0.15, 0.2) is 5.82 Å². The molecule has 1 heterocycles. The van der Waals surface area contributed by atoms with Crippen LogP contribution in [0.1, 0.15) is 0 Å². The summed E-state index contributed by atoms with van der Waals surface area (Å²) in [4.78, 5) is 4.00. The predicted molar refractivity (Wildman–Crippen MR) is 63.3 cm³/mol. The van der Waals surface area contributed by atoms with Crippen molar-refractivity contribution in [2.24, 2.45) is 0 Å². The first kappa shape index (κ1) is 10.7. The van der Waals surface area contributed by atoms with Crippen LogP contribution in [-0.4, -0.2) is 4.98 Å². The number of anilines is 3. The molecule has 0 atom stereocenters. The van der Waals surface area contributed by atoms with E-state index in [4.69, 9.17) is 17.3 Å². The fourth-order valence-corrected chi connectivity index (χ4v) is 1.39. The van der Waals surface area contributed by atoms with Gasteiger partial charge >= 0.3 is 0 Å². The van der Waals surface area contributed by atoms with Gasteiger partial charge in [-0.05, 0) is 24.3 Å². The van der Waals surface area contributed by atoms with Crippen LogP contribution in [0.3, 0.4) is 0 Å². The van der Waals surface area contributed by atoms with Gasteiger partial charge in [-0.2, -0.15) is 0 Å². The standard InChI is InChI=1S/C11H9ClFN3/c12-8-2-1-3-9(11(8)13)16-10-5-4-7(14)6-15-10/h1-6H,14H2,(H,15,16). The van der Waals surface area contributed by atoms with E-state index in [1.54, 1.807) is 24.3 Å². The van der Waals surface area contributed by atoms with Gasteiger partial charge in [-0.15, -0.1) is 0 Å². The van der Waals surface area contributed by atoms with Gasteiger partial charge < -0.3 is 11.1 Å². The molecular weight excluding hydrogens is 229 g/mol. The fourth-order valence-electron chi connectivity index (χ4n) is 1.22. The van der Waals surface area contributed by atoms with Crippen molar-refractivity contribution in [3.05, 3.63) is 47.4 Å². The van der Waals surface area contributed by atoms with E-state index < -0.39 is 5.82 Å². The Hall–Kier alpha value is -1.81. The molecule has 1 aromatic heterocycles. The second-order valence-electron chi connectivity index (χ2n) is 3.20. The molecular formula is C11H9ClFN3. The number of nitrogen functional groups attached to an aromatic ring is 1. The Labute approximate surface area is 97.1 Å². The topological polar surface area (TPSA) is 50.9 Å². The lowest BCUT2D eigenvalue weighted by Gasteiger charge is -2.07. The molecule has 0 saturated heterocycles. The average Bonchev–Trinajstić information content (AvgIpc) is 2.28. The number of nitrogens with zero attached hydrogens (tertiary/aromatic N) is 1. The van der Waals surface area contributed by atoms with Crippen molar-refractivity contribution < 1.29 is 4.39 Å². The van der Waals surface area contributed by atoms with Gasteiger partial charge in [-0.1, -0.05) is 17.7 Å². The zero-order valence-corrected chi connectivity index (χ0v) is 9.00. The number of hydrogen-bond acceptors (Lipinski definition) is 3. The first-order valence-corrected chi connectivity index (χ1v) is 4.97. The molecule has 3 N–H and O–H groups in total. The van der Waals surface area contributed by atoms with Crippen LogP contribution in [0.15, 0.2) is 36.5 Å². The maximum absolute atomic E-state index is 13.5. The second kappa shape index (κ2) is 4.37. The third-order valence-corrected chi connectivity index (χ3v) is 2.29. The highest BCUT2D eigenvalue weighted by molar-refractivity contribution is 6.31. The Morgan fingerprint density at radius 3 is 2.75 bits per heavy atom. The summed E-state index contributed by atoms with van der Waals surface area (Å²) < 4.78 is 13.5. The van der Waals surface area contributed by atoms with Gasteiger partial charge in [-0.3, -0.25) is 0 Å². The highest BCUT2D eigenvalue weighted by Gasteiger charge is 2.06. The Balaban J connectivity index is 2.27. The molecule has 2 aromatic rings. The Kier molecular flexibility index (Phi) is 2.92. The van der Waals surface area contributed by atoms with Gasteiger partial charge in [0.25, 0.3) is 0 Å². The Morgan fingerprint density at radius 2 is 2.06 bits per heavy atom. The molecule has 16 heavy (non-hydrogen) atoms. The van der Waals surface area contributed by atoms with Crippen LogP contribution >= 0.6 is 11.6 Å². The lowest BCUT2D eigenvalue weighted by atomic mass is 10.3. The summed E-state index contributed by atoms with van der Waals surface area (Å²) in [7, 11) is 0. The molecule has 0 aliphatic carbocycles. The monoisotopic (exact) mass is 237 g/mol. The van der Waals surface area contributed by atoms with Crippen molar-refractivity contribution in [2.45, 2.75) is 0 Å². The molecule has 0 radical (unpaired) electrons. The van der Waals surface area contributed by atoms with E-state index in [9.17, 15) is 4.39 Å². The molecule has 1 aromatic carbocycles. The summed E-state index contributed by atoms with van der Waals surface area (Å²) >= 11 is 5.65. The molecule has 0 saturated carbocycles.